The van der Waals surface area contributed by atoms with Crippen LogP contribution in [-0.2, 0) is 35.3 Å². The summed E-state index contributed by atoms with van der Waals surface area (Å²) in [7, 11) is -4.05. The van der Waals surface area contributed by atoms with Gasteiger partial charge in [0.05, 0.1) is 22.5 Å². The lowest BCUT2D eigenvalue weighted by Crippen LogP contribution is -2.58. The van der Waals surface area contributed by atoms with E-state index >= 15 is 0 Å². The van der Waals surface area contributed by atoms with Crippen molar-refractivity contribution in [1.82, 2.24) is 34.8 Å². The average Bonchev–Trinajstić information content (AvgIpc) is 3.81. The minimum Gasteiger partial charge on any atom is -0.459 e. The Morgan fingerprint density at radius 1 is 1.08 bits per heavy atom. The van der Waals surface area contributed by atoms with E-state index in [9.17, 15) is 40.8 Å². The van der Waals surface area contributed by atoms with Gasteiger partial charge < -0.3 is 25.0 Å². The van der Waals surface area contributed by atoms with Gasteiger partial charge in [-0.1, -0.05) is 37.1 Å². The number of amides is 4. The SMILES string of the molecule is CC(C)n1c(OC2CC3C(=O)NC4(C(=O)NS(=O)(=O)C5(C)CC5)CC4C=CCCCCCC(NC(=O)OC(C)(C)C)C(=O)N3C2)nc2c(-c3csc(C(F)(F)F)n3)cccc21. The van der Waals surface area contributed by atoms with Crippen LogP contribution in [0, 0.1) is 5.92 Å². The number of para-hydroxylation sites is 1. The van der Waals surface area contributed by atoms with E-state index in [0.29, 0.717) is 60.0 Å². The van der Waals surface area contributed by atoms with Gasteiger partial charge in [-0.15, -0.1) is 11.3 Å². The molecule has 5 atom stereocenters. The van der Waals surface area contributed by atoms with E-state index in [0.717, 1.165) is 6.42 Å². The van der Waals surface area contributed by atoms with Gasteiger partial charge in [-0.25, -0.2) is 18.2 Å². The van der Waals surface area contributed by atoms with Gasteiger partial charge in [0.15, 0.2) is 5.01 Å². The topological polar surface area (TPSA) is 191 Å². The van der Waals surface area contributed by atoms with E-state index in [1.807, 2.05) is 26.0 Å². The Hall–Kier alpha value is -4.72. The van der Waals surface area contributed by atoms with Gasteiger partial charge in [0.1, 0.15) is 34.8 Å². The Balaban J connectivity index is 1.23. The number of alkyl carbamates (subject to hydrolysis) is 1. The molecule has 3 aromatic rings. The Morgan fingerprint density at radius 2 is 1.82 bits per heavy atom. The van der Waals surface area contributed by atoms with Gasteiger partial charge in [-0.3, -0.25) is 23.7 Å². The zero-order chi connectivity index (χ0) is 44.3. The molecule has 2 aliphatic carbocycles. The number of nitrogens with one attached hydrogen (secondary N) is 3. The number of hydrogen-bond acceptors (Lipinski definition) is 11. The molecule has 4 heterocycles. The zero-order valence-corrected chi connectivity index (χ0v) is 36.6. The molecule has 4 aliphatic rings. The van der Waals surface area contributed by atoms with Crippen LogP contribution in [0.25, 0.3) is 22.3 Å². The van der Waals surface area contributed by atoms with Crippen LogP contribution in [0.5, 0.6) is 6.01 Å². The molecule has 7 rings (SSSR count). The number of alkyl halides is 3. The molecule has 5 unspecified atom stereocenters. The quantitative estimate of drug-likeness (QED) is 0.214. The van der Waals surface area contributed by atoms with Gasteiger partial charge in [0, 0.05) is 29.3 Å². The third-order valence-electron chi connectivity index (χ3n) is 11.7. The number of imidazole rings is 1. The van der Waals surface area contributed by atoms with E-state index < -0.39 is 85.0 Å². The van der Waals surface area contributed by atoms with Gasteiger partial charge in [0.25, 0.3) is 11.9 Å². The van der Waals surface area contributed by atoms with Crippen molar-refractivity contribution in [2.24, 2.45) is 5.92 Å². The first kappa shape index (κ1) is 44.3. The van der Waals surface area contributed by atoms with Gasteiger partial charge >= 0.3 is 12.3 Å². The number of allylic oxidation sites excluding steroid dienone is 1. The summed E-state index contributed by atoms with van der Waals surface area (Å²) in [6.07, 6.45) is 1.15. The Kier molecular flexibility index (Phi) is 11.8. The molecule has 61 heavy (non-hydrogen) atoms. The van der Waals surface area contributed by atoms with Crippen molar-refractivity contribution in [1.29, 1.82) is 0 Å². The molecule has 3 fully saturated rings. The molecule has 0 spiro atoms. The summed E-state index contributed by atoms with van der Waals surface area (Å²) in [5, 5.41) is 5.88. The van der Waals surface area contributed by atoms with Crippen LogP contribution in [-0.4, -0.2) is 92.3 Å². The number of nitrogens with zero attached hydrogens (tertiary/aromatic N) is 4. The van der Waals surface area contributed by atoms with Gasteiger partial charge in [0.2, 0.25) is 21.8 Å². The Bertz CT molecular complexity index is 2350. The molecule has 2 aromatic heterocycles. The third kappa shape index (κ3) is 9.25. The second-order valence-corrected chi connectivity index (χ2v) is 21.0. The Morgan fingerprint density at radius 3 is 2.48 bits per heavy atom. The van der Waals surface area contributed by atoms with Crippen molar-refractivity contribution < 1.29 is 50.2 Å². The van der Waals surface area contributed by atoms with Crippen LogP contribution in [0.1, 0.15) is 110 Å². The molecule has 1 saturated heterocycles. The molecule has 332 valence electrons. The number of benzene rings is 1. The van der Waals surface area contributed by atoms with Crippen molar-refractivity contribution in [2.75, 3.05) is 6.54 Å². The lowest BCUT2D eigenvalue weighted by molar-refractivity contribution is -0.141. The maximum atomic E-state index is 14.7. The highest BCUT2D eigenvalue weighted by molar-refractivity contribution is 7.91. The molecule has 2 aliphatic heterocycles. The predicted molar refractivity (Wildman–Crippen MR) is 220 cm³/mol. The van der Waals surface area contributed by atoms with Crippen LogP contribution >= 0.6 is 11.3 Å². The van der Waals surface area contributed by atoms with Crippen LogP contribution in [0.15, 0.2) is 35.7 Å². The molecule has 4 amide bonds. The summed E-state index contributed by atoms with van der Waals surface area (Å²) in [6, 6.07) is 2.56. The maximum absolute atomic E-state index is 14.7. The van der Waals surface area contributed by atoms with Crippen molar-refractivity contribution in [3.05, 3.63) is 40.7 Å². The number of sulfonamides is 1. The number of carbonyl (C=O) groups is 4. The minimum absolute atomic E-state index is 0.0828. The fraction of sp³-hybridized carbons (Fsp3) is 0.610. The second-order valence-electron chi connectivity index (χ2n) is 18.0. The first-order valence-corrected chi connectivity index (χ1v) is 22.9. The standard InChI is InChI=1S/C41H52F3N7O8S2/c1-23(2)51-29-16-12-14-26(28-22-60-35(45-28)41(42,43)44)31(29)47-36(51)58-25-19-30-32(52)48-40(34(54)49-61(56,57)39(6)17-18-39)20-24(40)13-10-8-7-9-11-15-27(33(53)50(30)21-25)46-37(55)59-38(3,4)5/h10,12-14,16,22-25,27,30H,7-9,11,15,17-21H2,1-6H3,(H,46,55)(H,48,52)(H,49,54). The summed E-state index contributed by atoms with van der Waals surface area (Å²) in [4.78, 5) is 66.2. The largest absolute Gasteiger partial charge is 0.459 e. The van der Waals surface area contributed by atoms with Crippen LogP contribution < -0.4 is 20.1 Å². The van der Waals surface area contributed by atoms with E-state index in [1.165, 1.54) is 10.3 Å². The van der Waals surface area contributed by atoms with Crippen molar-refractivity contribution in [2.45, 2.75) is 146 Å². The number of carbonyl (C=O) groups excluding carboxylic acids is 4. The highest BCUT2D eigenvalue weighted by Crippen LogP contribution is 2.48. The second kappa shape index (κ2) is 16.2. The number of fused-ring (bicyclic) bond motifs is 3. The highest BCUT2D eigenvalue weighted by Gasteiger charge is 2.63. The summed E-state index contributed by atoms with van der Waals surface area (Å²) in [5.41, 5.74) is -1.13. The number of aromatic nitrogens is 3. The fourth-order valence-electron chi connectivity index (χ4n) is 7.96. The summed E-state index contributed by atoms with van der Waals surface area (Å²) < 4.78 is 82.0. The normalized spacial score (nSPS) is 25.8. The minimum atomic E-state index is -4.62. The molecular formula is C41H52F3N7O8S2. The third-order valence-corrected chi connectivity index (χ3v) is 14.7. The molecule has 20 heteroatoms. The molecule has 0 radical (unpaired) electrons. The van der Waals surface area contributed by atoms with Gasteiger partial charge in [-0.05, 0) is 86.1 Å². The number of ether oxygens (including phenoxy) is 2. The Labute approximate surface area is 356 Å². The van der Waals surface area contributed by atoms with E-state index in [2.05, 4.69) is 20.3 Å². The number of thiazole rings is 1. The van der Waals surface area contributed by atoms with E-state index in [4.69, 9.17) is 14.5 Å². The van der Waals surface area contributed by atoms with Crippen molar-refractivity contribution in [3.63, 3.8) is 0 Å². The van der Waals surface area contributed by atoms with Crippen LogP contribution in [0.2, 0.25) is 0 Å². The number of halogens is 3. The van der Waals surface area contributed by atoms with Crippen LogP contribution in [0.3, 0.4) is 0 Å². The fourth-order valence-corrected chi connectivity index (χ4v) is 9.96. The zero-order valence-electron chi connectivity index (χ0n) is 34.9. The number of hydrogen-bond donors (Lipinski definition) is 3. The molecule has 0 bridgehead atoms. The van der Waals surface area contributed by atoms with Crippen molar-refractivity contribution >= 4 is 56.2 Å². The maximum Gasteiger partial charge on any atom is 0.443 e. The molecule has 15 nitrogen and oxygen atoms in total. The monoisotopic (exact) mass is 891 g/mol. The van der Waals surface area contributed by atoms with Gasteiger partial charge in [-0.2, -0.15) is 18.2 Å². The van der Waals surface area contributed by atoms with Crippen LogP contribution in [0.4, 0.5) is 18.0 Å². The summed E-state index contributed by atoms with van der Waals surface area (Å²) in [5.74, 6) is -2.66. The summed E-state index contributed by atoms with van der Waals surface area (Å²) >= 11 is 0.474. The first-order valence-electron chi connectivity index (χ1n) is 20.6. The lowest BCUT2D eigenvalue weighted by atomic mass is 10.0. The molecule has 1 aromatic carbocycles. The first-order chi connectivity index (χ1) is 28.5. The van der Waals surface area contributed by atoms with E-state index in [1.54, 1.807) is 50.5 Å². The lowest BCUT2D eigenvalue weighted by Gasteiger charge is -2.30. The predicted octanol–water partition coefficient (Wildman–Crippen LogP) is 6.39. The summed E-state index contributed by atoms with van der Waals surface area (Å²) in [6.45, 7) is 10.2. The highest BCUT2D eigenvalue weighted by atomic mass is 32.2. The van der Waals surface area contributed by atoms with E-state index in [-0.39, 0.29) is 43.6 Å². The molecular weight excluding hydrogens is 840 g/mol. The number of rotatable bonds is 8. The molecule has 3 N–H and O–H groups in total. The smallest absolute Gasteiger partial charge is 0.443 e. The molecule has 2 saturated carbocycles. The average molecular weight is 892 g/mol. The van der Waals surface area contributed by atoms with Crippen molar-refractivity contribution in [3.8, 4) is 17.3 Å².